The topological polar surface area (TPSA) is 83.5 Å². The lowest BCUT2D eigenvalue weighted by molar-refractivity contribution is -0.137. The molecule has 156 valence electrons. The summed E-state index contributed by atoms with van der Waals surface area (Å²) >= 11 is 0. The first-order chi connectivity index (χ1) is 12.8. The largest absolute Gasteiger partial charge is 0.416 e. The quantitative estimate of drug-likeness (QED) is 0.742. The maximum Gasteiger partial charge on any atom is 0.416 e. The highest BCUT2D eigenvalue weighted by atomic mass is 32.2. The molecule has 2 saturated carbocycles. The van der Waals surface area contributed by atoms with Crippen LogP contribution in [0.5, 0.6) is 0 Å². The molecule has 9 heteroatoms. The summed E-state index contributed by atoms with van der Waals surface area (Å²) in [6.45, 7) is 3.49. The Kier molecular flexibility index (Phi) is 5.17. The zero-order valence-corrected chi connectivity index (χ0v) is 16.5. The Morgan fingerprint density at radius 2 is 1.86 bits per heavy atom. The first-order valence-electron chi connectivity index (χ1n) is 9.14. The smallest absolute Gasteiger partial charge is 0.387 e. The monoisotopic (exact) mass is 419 g/mol. The summed E-state index contributed by atoms with van der Waals surface area (Å²) in [7, 11) is -3.86. The minimum Gasteiger partial charge on any atom is -0.387 e. The number of fused-ring (bicyclic) bond motifs is 2. The highest BCUT2D eigenvalue weighted by Crippen LogP contribution is 2.64. The van der Waals surface area contributed by atoms with Crippen LogP contribution in [0.15, 0.2) is 24.3 Å². The fourth-order valence-corrected chi connectivity index (χ4v) is 6.54. The van der Waals surface area contributed by atoms with Crippen LogP contribution in [0, 0.1) is 16.7 Å². The van der Waals surface area contributed by atoms with E-state index in [1.165, 1.54) is 0 Å². The van der Waals surface area contributed by atoms with Gasteiger partial charge in [0.1, 0.15) is 5.78 Å². The van der Waals surface area contributed by atoms with Gasteiger partial charge in [-0.15, -0.1) is 0 Å². The Morgan fingerprint density at radius 1 is 1.25 bits per heavy atom. The molecule has 0 aliphatic heterocycles. The molecule has 2 bridgehead atoms. The molecule has 0 spiro atoms. The lowest BCUT2D eigenvalue weighted by Crippen LogP contribution is -2.45. The number of aliphatic hydroxyl groups excluding tert-OH is 1. The molecule has 2 fully saturated rings. The van der Waals surface area contributed by atoms with Crippen molar-refractivity contribution in [1.82, 2.24) is 4.72 Å². The van der Waals surface area contributed by atoms with E-state index in [9.17, 15) is 31.5 Å². The van der Waals surface area contributed by atoms with Crippen LogP contribution in [0.25, 0.3) is 0 Å². The molecular formula is C19H24F3NO4S. The predicted octanol–water partition coefficient (Wildman–Crippen LogP) is 3.05. The van der Waals surface area contributed by atoms with Gasteiger partial charge in [-0.3, -0.25) is 4.79 Å². The van der Waals surface area contributed by atoms with Crippen LogP contribution in [0.4, 0.5) is 13.2 Å². The SMILES string of the molecule is CC1(C)[C@H]2CC[C@@]1(CS(=O)(=O)NC[C@H](O)c1ccc(C(F)(F)F)cc1)C(=O)C2. The fraction of sp³-hybridized carbons (Fsp3) is 0.632. The molecule has 0 radical (unpaired) electrons. The van der Waals surface area contributed by atoms with Crippen molar-refractivity contribution in [2.24, 2.45) is 16.7 Å². The van der Waals surface area contributed by atoms with E-state index >= 15 is 0 Å². The van der Waals surface area contributed by atoms with Gasteiger partial charge >= 0.3 is 6.18 Å². The number of halogens is 3. The molecule has 2 aliphatic carbocycles. The van der Waals surface area contributed by atoms with Crippen LogP contribution in [0.2, 0.25) is 0 Å². The molecule has 1 aromatic rings. The van der Waals surface area contributed by atoms with Crippen molar-refractivity contribution < 1.29 is 31.5 Å². The third-order valence-electron chi connectivity index (χ3n) is 6.69. The molecule has 2 aliphatic rings. The second kappa shape index (κ2) is 6.81. The van der Waals surface area contributed by atoms with E-state index in [-0.39, 0.29) is 29.6 Å². The number of Topliss-reactive ketones (excluding diaryl/α,β-unsaturated/α-hetero) is 1. The van der Waals surface area contributed by atoms with Gasteiger partial charge in [0.15, 0.2) is 0 Å². The van der Waals surface area contributed by atoms with Crippen molar-refractivity contribution in [2.75, 3.05) is 12.3 Å². The van der Waals surface area contributed by atoms with Crippen LogP contribution in [-0.4, -0.2) is 31.6 Å². The number of nitrogens with one attached hydrogen (secondary N) is 1. The van der Waals surface area contributed by atoms with E-state index in [0.717, 1.165) is 30.7 Å². The van der Waals surface area contributed by atoms with E-state index in [0.29, 0.717) is 12.8 Å². The maximum atomic E-state index is 12.6. The van der Waals surface area contributed by atoms with Gasteiger partial charge in [0.05, 0.1) is 17.4 Å². The van der Waals surface area contributed by atoms with Gasteiger partial charge in [0.25, 0.3) is 0 Å². The van der Waals surface area contributed by atoms with Gasteiger partial charge in [-0.05, 0) is 41.9 Å². The molecule has 3 rings (SSSR count). The standard InChI is InChI=1S/C19H24F3NO4S/c1-17(2)14-7-8-18(17,16(25)9-14)11-28(26,27)23-10-15(24)12-3-5-13(6-4-12)19(20,21)22/h3-6,14-15,23-24H,7-11H2,1-2H3/t14-,15-,18+/m0/s1. The van der Waals surface area contributed by atoms with Crippen LogP contribution in [0.1, 0.15) is 50.3 Å². The lowest BCUT2D eigenvalue weighted by Gasteiger charge is -2.36. The van der Waals surface area contributed by atoms with Crippen LogP contribution < -0.4 is 4.72 Å². The van der Waals surface area contributed by atoms with Crippen LogP contribution >= 0.6 is 0 Å². The summed E-state index contributed by atoms with van der Waals surface area (Å²) in [5, 5.41) is 10.1. The van der Waals surface area contributed by atoms with Crippen LogP contribution in [0.3, 0.4) is 0 Å². The summed E-state index contributed by atoms with van der Waals surface area (Å²) in [5.41, 5.74) is -1.99. The van der Waals surface area contributed by atoms with Gasteiger partial charge < -0.3 is 5.11 Å². The summed E-state index contributed by atoms with van der Waals surface area (Å²) in [5.74, 6) is -0.169. The molecule has 0 saturated heterocycles. The van der Waals surface area contributed by atoms with Gasteiger partial charge in [0, 0.05) is 18.4 Å². The van der Waals surface area contributed by atoms with Crippen molar-refractivity contribution in [3.05, 3.63) is 35.4 Å². The second-order valence-corrected chi connectivity index (χ2v) is 10.2. The van der Waals surface area contributed by atoms with Crippen molar-refractivity contribution in [1.29, 1.82) is 0 Å². The second-order valence-electron chi connectivity index (χ2n) is 8.41. The predicted molar refractivity (Wildman–Crippen MR) is 96.8 cm³/mol. The first kappa shape index (κ1) is 21.3. The zero-order chi connectivity index (χ0) is 21.0. The van der Waals surface area contributed by atoms with Crippen molar-refractivity contribution in [2.45, 2.75) is 45.4 Å². The molecule has 0 heterocycles. The molecule has 2 N–H and O–H groups in total. The molecule has 0 aromatic heterocycles. The third kappa shape index (κ3) is 3.59. The van der Waals surface area contributed by atoms with E-state index in [4.69, 9.17) is 0 Å². The third-order valence-corrected chi connectivity index (χ3v) is 8.17. The Hall–Kier alpha value is -1.45. The van der Waals surface area contributed by atoms with Crippen molar-refractivity contribution in [3.8, 4) is 0 Å². The minimum atomic E-state index is -4.48. The number of ketones is 1. The average molecular weight is 419 g/mol. The van der Waals surface area contributed by atoms with Gasteiger partial charge in [-0.2, -0.15) is 13.2 Å². The number of sulfonamides is 1. The highest BCUT2D eigenvalue weighted by molar-refractivity contribution is 7.89. The number of hydrogen-bond acceptors (Lipinski definition) is 4. The van der Waals surface area contributed by atoms with E-state index in [1.54, 1.807) is 0 Å². The van der Waals surface area contributed by atoms with Gasteiger partial charge in [-0.1, -0.05) is 26.0 Å². The summed E-state index contributed by atoms with van der Waals surface area (Å²) in [6.07, 6.45) is -4.02. The van der Waals surface area contributed by atoms with Gasteiger partial charge in [-0.25, -0.2) is 13.1 Å². The Bertz CT molecular complexity index is 864. The van der Waals surface area contributed by atoms with Crippen LogP contribution in [-0.2, 0) is 21.0 Å². The number of aliphatic hydroxyl groups is 1. The summed E-state index contributed by atoms with van der Waals surface area (Å²) in [4.78, 5) is 12.5. The van der Waals surface area contributed by atoms with E-state index in [2.05, 4.69) is 4.72 Å². The molecule has 5 nitrogen and oxygen atoms in total. The molecular weight excluding hydrogens is 395 g/mol. The number of hydrogen-bond donors (Lipinski definition) is 2. The van der Waals surface area contributed by atoms with E-state index in [1.807, 2.05) is 13.8 Å². The van der Waals surface area contributed by atoms with Crippen molar-refractivity contribution in [3.63, 3.8) is 0 Å². The highest BCUT2D eigenvalue weighted by Gasteiger charge is 2.65. The average Bonchev–Trinajstić information content (AvgIpc) is 2.93. The molecule has 0 amide bonds. The number of carbonyl (C=O) groups excluding carboxylic acids is 1. The Labute approximate surface area is 162 Å². The minimum absolute atomic E-state index is 0.0255. The zero-order valence-electron chi connectivity index (χ0n) is 15.7. The number of alkyl halides is 3. The summed E-state index contributed by atoms with van der Waals surface area (Å²) < 4.78 is 65.3. The van der Waals surface area contributed by atoms with E-state index < -0.39 is 38.7 Å². The molecule has 1 aromatic carbocycles. The number of benzene rings is 1. The van der Waals surface area contributed by atoms with Crippen molar-refractivity contribution >= 4 is 15.8 Å². The molecule has 3 atom stereocenters. The molecule has 0 unspecified atom stereocenters. The normalized spacial score (nSPS) is 27.9. The number of rotatable bonds is 6. The molecule has 28 heavy (non-hydrogen) atoms. The number of carbonyl (C=O) groups is 1. The lowest BCUT2D eigenvalue weighted by atomic mass is 9.70. The maximum absolute atomic E-state index is 12.6. The summed E-state index contributed by atoms with van der Waals surface area (Å²) in [6, 6.07) is 3.91. The fourth-order valence-electron chi connectivity index (χ4n) is 4.70. The Morgan fingerprint density at radius 3 is 2.32 bits per heavy atom. The first-order valence-corrected chi connectivity index (χ1v) is 10.8. The van der Waals surface area contributed by atoms with Gasteiger partial charge in [0.2, 0.25) is 10.0 Å². The Balaban J connectivity index is 1.66.